The van der Waals surface area contributed by atoms with Crippen molar-refractivity contribution in [3.63, 3.8) is 0 Å². The fourth-order valence-electron chi connectivity index (χ4n) is 2.61. The molecule has 1 aromatic carbocycles. The summed E-state index contributed by atoms with van der Waals surface area (Å²) in [6.07, 6.45) is -3.55. The van der Waals surface area contributed by atoms with E-state index in [1.54, 1.807) is 31.2 Å². The van der Waals surface area contributed by atoms with Crippen LogP contribution in [0.15, 0.2) is 58.2 Å². The van der Waals surface area contributed by atoms with E-state index >= 15 is 0 Å². The van der Waals surface area contributed by atoms with E-state index in [-0.39, 0.29) is 11.6 Å². The first kappa shape index (κ1) is 16.6. The first-order chi connectivity index (χ1) is 11.3. The van der Waals surface area contributed by atoms with Gasteiger partial charge in [0.15, 0.2) is 0 Å². The average molecular weight is 353 g/mol. The second kappa shape index (κ2) is 6.01. The molecule has 3 N–H and O–H groups in total. The molecule has 2 heterocycles. The van der Waals surface area contributed by atoms with Crippen LogP contribution in [0.5, 0.6) is 0 Å². The summed E-state index contributed by atoms with van der Waals surface area (Å²) in [5.41, 5.74) is 6.85. The van der Waals surface area contributed by atoms with Crippen LogP contribution in [0.4, 0.5) is 18.9 Å². The second-order valence-electron chi connectivity index (χ2n) is 5.43. The first-order valence-electron chi connectivity index (χ1n) is 7.12. The van der Waals surface area contributed by atoms with Gasteiger partial charge in [0.05, 0.1) is 0 Å². The quantitative estimate of drug-likeness (QED) is 0.858. The van der Waals surface area contributed by atoms with Gasteiger partial charge in [-0.3, -0.25) is 9.79 Å². The number of nitrogens with one attached hydrogen (secondary N) is 1. The zero-order chi connectivity index (χ0) is 17.5. The Morgan fingerprint density at radius 2 is 1.96 bits per heavy atom. The highest BCUT2D eigenvalue weighted by Gasteiger charge is 2.43. The Bertz CT molecular complexity index is 769. The lowest BCUT2D eigenvalue weighted by Gasteiger charge is -2.19. The molecule has 0 saturated heterocycles. The van der Waals surface area contributed by atoms with E-state index in [1.165, 1.54) is 0 Å². The molecule has 8 heteroatoms. The molecule has 0 unspecified atom stereocenters. The fraction of sp³-hybridized carbons (Fsp3) is 0.250. The number of thioether (sulfide) groups is 1. The third kappa shape index (κ3) is 3.06. The van der Waals surface area contributed by atoms with Crippen LogP contribution in [-0.2, 0) is 4.79 Å². The normalized spacial score (nSPS) is 23.5. The van der Waals surface area contributed by atoms with Gasteiger partial charge < -0.3 is 11.1 Å². The lowest BCUT2D eigenvalue weighted by Crippen LogP contribution is -2.28. The smallest absolute Gasteiger partial charge is 0.400 e. The molecule has 0 aromatic heterocycles. The third-order valence-corrected chi connectivity index (χ3v) is 5.05. The van der Waals surface area contributed by atoms with Gasteiger partial charge in [0.1, 0.15) is 16.3 Å². The molecule has 1 amide bonds. The highest BCUT2D eigenvalue weighted by Crippen LogP contribution is 2.44. The Balaban J connectivity index is 1.85. The molecule has 2 aliphatic heterocycles. The van der Waals surface area contributed by atoms with Crippen LogP contribution in [-0.4, -0.2) is 28.4 Å². The molecule has 0 fully saturated rings. The molecule has 0 spiro atoms. The van der Waals surface area contributed by atoms with Crippen molar-refractivity contribution >= 4 is 29.1 Å². The van der Waals surface area contributed by atoms with Gasteiger partial charge in [0.2, 0.25) is 5.91 Å². The number of aliphatic imine (C=N–C) groups is 1. The zero-order valence-corrected chi connectivity index (χ0v) is 13.4. The van der Waals surface area contributed by atoms with E-state index in [4.69, 9.17) is 5.73 Å². The van der Waals surface area contributed by atoms with Gasteiger partial charge >= 0.3 is 6.18 Å². The monoisotopic (exact) mass is 353 g/mol. The highest BCUT2D eigenvalue weighted by atomic mass is 32.2. The second-order valence-corrected chi connectivity index (χ2v) is 6.62. The Kier molecular flexibility index (Phi) is 4.16. The minimum absolute atomic E-state index is 0.261. The van der Waals surface area contributed by atoms with E-state index < -0.39 is 22.5 Å². The summed E-state index contributed by atoms with van der Waals surface area (Å²) in [6, 6.07) is 8.79. The fourth-order valence-corrected chi connectivity index (χ4v) is 3.95. The number of rotatable bonds is 2. The van der Waals surface area contributed by atoms with E-state index in [9.17, 15) is 18.0 Å². The predicted molar refractivity (Wildman–Crippen MR) is 88.7 cm³/mol. The van der Waals surface area contributed by atoms with Crippen LogP contribution in [0, 0.1) is 0 Å². The van der Waals surface area contributed by atoms with Gasteiger partial charge in [0, 0.05) is 17.0 Å². The lowest BCUT2D eigenvalue weighted by molar-refractivity contribution is -0.115. The number of hydrogen-bond donors (Lipinski definition) is 2. The molecular weight excluding hydrogens is 339 g/mol. The molecular formula is C16H14F3N3OS. The minimum atomic E-state index is -4.52. The Morgan fingerprint density at radius 3 is 2.58 bits per heavy atom. The van der Waals surface area contributed by atoms with Crippen LogP contribution in [0.3, 0.4) is 0 Å². The summed E-state index contributed by atoms with van der Waals surface area (Å²) in [4.78, 5) is 16.1. The molecule has 2 atom stereocenters. The van der Waals surface area contributed by atoms with Crippen molar-refractivity contribution in [2.45, 2.75) is 23.7 Å². The van der Waals surface area contributed by atoms with Gasteiger partial charge in [-0.15, -0.1) is 11.8 Å². The van der Waals surface area contributed by atoms with Gasteiger partial charge in [-0.1, -0.05) is 18.2 Å². The van der Waals surface area contributed by atoms with Crippen LogP contribution >= 0.6 is 11.8 Å². The predicted octanol–water partition coefficient (Wildman–Crippen LogP) is 3.24. The van der Waals surface area contributed by atoms with E-state index in [1.807, 2.05) is 6.07 Å². The number of nitrogens with two attached hydrogens (primary N) is 1. The number of alkyl halides is 3. The SMILES string of the molecule is CC1=CC(C(F)(F)F)=N[C@H]2S[C@@H](C(=O)Nc3ccccc3)C(N)=C12. The number of carbonyl (C=O) groups is 1. The maximum Gasteiger partial charge on any atom is 0.432 e. The summed E-state index contributed by atoms with van der Waals surface area (Å²) in [7, 11) is 0. The number of carbonyl (C=O) groups excluding carboxylic acids is 1. The summed E-state index contributed by atoms with van der Waals surface area (Å²) in [6.45, 7) is 1.55. The Hall–Kier alpha value is -2.22. The van der Waals surface area contributed by atoms with Crippen LogP contribution < -0.4 is 11.1 Å². The van der Waals surface area contributed by atoms with Gasteiger partial charge in [-0.2, -0.15) is 13.2 Å². The summed E-state index contributed by atoms with van der Waals surface area (Å²) in [5.74, 6) is -0.373. The largest absolute Gasteiger partial charge is 0.432 e. The number of nitrogens with zero attached hydrogens (tertiary/aromatic N) is 1. The topological polar surface area (TPSA) is 67.5 Å². The molecule has 0 radical (unpaired) electrons. The molecule has 126 valence electrons. The molecule has 4 nitrogen and oxygen atoms in total. The number of halogens is 3. The van der Waals surface area contributed by atoms with Crippen molar-refractivity contribution in [3.8, 4) is 0 Å². The Morgan fingerprint density at radius 1 is 1.29 bits per heavy atom. The number of dihydropyridines is 1. The molecule has 1 aromatic rings. The molecule has 2 aliphatic rings. The standard InChI is InChI=1S/C16H14F3N3OS/c1-8-7-10(16(17,18)19)22-15-11(8)12(20)13(24-15)14(23)21-9-5-3-2-4-6-9/h2-7,13,15H,20H2,1H3,(H,21,23)/t13-,15+/m1/s1. The molecule has 0 bridgehead atoms. The number of fused-ring (bicyclic) bond motifs is 1. The van der Waals surface area contributed by atoms with Gasteiger partial charge in [0.25, 0.3) is 0 Å². The van der Waals surface area contributed by atoms with Crippen LogP contribution in [0.1, 0.15) is 6.92 Å². The summed E-state index contributed by atoms with van der Waals surface area (Å²) >= 11 is 1.01. The van der Waals surface area contributed by atoms with Crippen molar-refractivity contribution < 1.29 is 18.0 Å². The van der Waals surface area contributed by atoms with Gasteiger partial charge in [-0.05, 0) is 30.7 Å². The first-order valence-corrected chi connectivity index (χ1v) is 8.06. The number of benzene rings is 1. The number of para-hydroxylation sites is 1. The number of anilines is 1. The molecule has 24 heavy (non-hydrogen) atoms. The van der Waals surface area contributed by atoms with Crippen molar-refractivity contribution in [1.82, 2.24) is 0 Å². The van der Waals surface area contributed by atoms with Crippen molar-refractivity contribution in [2.24, 2.45) is 10.7 Å². The summed E-state index contributed by atoms with van der Waals surface area (Å²) < 4.78 is 38.7. The summed E-state index contributed by atoms with van der Waals surface area (Å²) in [5, 5.41) is 1.14. The van der Waals surface area contributed by atoms with E-state index in [0.717, 1.165) is 17.8 Å². The molecule has 3 rings (SSSR count). The van der Waals surface area contributed by atoms with Gasteiger partial charge in [-0.25, -0.2) is 0 Å². The highest BCUT2D eigenvalue weighted by molar-refractivity contribution is 8.02. The minimum Gasteiger partial charge on any atom is -0.400 e. The molecule has 0 saturated carbocycles. The number of allylic oxidation sites excluding steroid dienone is 1. The van der Waals surface area contributed by atoms with Crippen molar-refractivity contribution in [3.05, 3.63) is 53.3 Å². The Labute approximate surface area is 140 Å². The van der Waals surface area contributed by atoms with E-state index in [2.05, 4.69) is 10.3 Å². The number of hydrogen-bond acceptors (Lipinski definition) is 4. The maximum absolute atomic E-state index is 12.9. The van der Waals surface area contributed by atoms with Crippen molar-refractivity contribution in [2.75, 3.05) is 5.32 Å². The maximum atomic E-state index is 12.9. The van der Waals surface area contributed by atoms with Crippen LogP contribution in [0.25, 0.3) is 0 Å². The van der Waals surface area contributed by atoms with Crippen LogP contribution in [0.2, 0.25) is 0 Å². The zero-order valence-electron chi connectivity index (χ0n) is 12.6. The third-order valence-electron chi connectivity index (χ3n) is 3.71. The average Bonchev–Trinajstić information content (AvgIpc) is 2.85. The van der Waals surface area contributed by atoms with E-state index in [0.29, 0.717) is 16.8 Å². The van der Waals surface area contributed by atoms with Crippen molar-refractivity contribution in [1.29, 1.82) is 0 Å². The lowest BCUT2D eigenvalue weighted by atomic mass is 9.99. The molecule has 0 aliphatic carbocycles. The number of amides is 1.